The van der Waals surface area contributed by atoms with Gasteiger partial charge in [-0.15, -0.1) is 0 Å². The Labute approximate surface area is 112 Å². The zero-order valence-corrected chi connectivity index (χ0v) is 11.3. The van der Waals surface area contributed by atoms with Gasteiger partial charge in [0.15, 0.2) is 5.43 Å². The van der Waals surface area contributed by atoms with E-state index in [2.05, 4.69) is 0 Å². The molecule has 8 nitrogen and oxygen atoms in total. The summed E-state index contributed by atoms with van der Waals surface area (Å²) in [6, 6.07) is 3.97. The van der Waals surface area contributed by atoms with Crippen molar-refractivity contribution in [1.82, 2.24) is 4.57 Å². The minimum atomic E-state index is -4.37. The molecule has 0 spiro atoms. The van der Waals surface area contributed by atoms with E-state index < -0.39 is 24.2 Å². The fourth-order valence-corrected chi connectivity index (χ4v) is 2.66. The van der Waals surface area contributed by atoms with Crippen LogP contribution in [0.2, 0.25) is 0 Å². The smallest absolute Gasteiger partial charge is 0.335 e. The monoisotopic (exact) mass is 298 g/mol. The molecule has 106 valence electrons. The summed E-state index contributed by atoms with van der Waals surface area (Å²) in [7, 11) is -4.37. The van der Waals surface area contributed by atoms with Crippen LogP contribution in [0.25, 0.3) is 10.9 Å². The molecule has 0 radical (unpaired) electrons. The van der Waals surface area contributed by atoms with Gasteiger partial charge in [0.25, 0.3) is 5.69 Å². The number of pyridine rings is 1. The van der Waals surface area contributed by atoms with Crippen LogP contribution in [-0.2, 0) is 10.9 Å². The highest BCUT2D eigenvalue weighted by Gasteiger charge is 2.21. The van der Waals surface area contributed by atoms with Gasteiger partial charge >= 0.3 is 7.60 Å². The molecule has 2 aromatic rings. The van der Waals surface area contributed by atoms with E-state index in [-0.39, 0.29) is 22.2 Å². The van der Waals surface area contributed by atoms with Crippen molar-refractivity contribution >= 4 is 24.2 Å². The van der Waals surface area contributed by atoms with Gasteiger partial charge in [-0.25, -0.2) is 0 Å². The molecule has 9 heteroatoms. The fraction of sp³-hybridized carbons (Fsp3) is 0.182. The van der Waals surface area contributed by atoms with Crippen molar-refractivity contribution in [2.45, 2.75) is 13.2 Å². The first-order valence-electron chi connectivity index (χ1n) is 5.52. The Morgan fingerprint density at radius 3 is 2.60 bits per heavy atom. The number of nitro benzene ring substituents is 1. The van der Waals surface area contributed by atoms with Crippen LogP contribution in [0.1, 0.15) is 5.56 Å². The molecule has 0 saturated carbocycles. The molecule has 20 heavy (non-hydrogen) atoms. The fourth-order valence-electron chi connectivity index (χ4n) is 2.03. The highest BCUT2D eigenvalue weighted by Crippen LogP contribution is 2.37. The number of aryl methyl sites for hydroxylation is 1. The summed E-state index contributed by atoms with van der Waals surface area (Å²) in [5, 5.41) is 10.8. The molecular formula is C11H11N2O6P. The second-order valence-electron chi connectivity index (χ2n) is 4.35. The van der Waals surface area contributed by atoms with E-state index in [0.29, 0.717) is 0 Å². The lowest BCUT2D eigenvalue weighted by Gasteiger charge is -2.13. The molecule has 0 aliphatic heterocycles. The largest absolute Gasteiger partial charge is 0.345 e. The average Bonchev–Trinajstić information content (AvgIpc) is 2.33. The molecule has 1 heterocycles. The predicted molar refractivity (Wildman–Crippen MR) is 71.6 cm³/mol. The summed E-state index contributed by atoms with van der Waals surface area (Å²) in [4.78, 5) is 40.4. The number of fused-ring (bicyclic) bond motifs is 1. The van der Waals surface area contributed by atoms with Crippen molar-refractivity contribution in [2.24, 2.45) is 0 Å². The lowest BCUT2D eigenvalue weighted by Crippen LogP contribution is -2.14. The van der Waals surface area contributed by atoms with E-state index in [1.165, 1.54) is 35.9 Å². The lowest BCUT2D eigenvalue weighted by molar-refractivity contribution is -0.383. The Bertz CT molecular complexity index is 806. The summed E-state index contributed by atoms with van der Waals surface area (Å²) in [5.74, 6) is 0. The summed E-state index contributed by atoms with van der Waals surface area (Å²) < 4.78 is 12.3. The SMILES string of the molecule is Cc1cn(CP(=O)(O)O)c2cccc([N+](=O)[O-])c2c1=O. The highest BCUT2D eigenvalue weighted by molar-refractivity contribution is 7.50. The zero-order valence-electron chi connectivity index (χ0n) is 10.4. The third-order valence-electron chi connectivity index (χ3n) is 2.80. The average molecular weight is 298 g/mol. The molecule has 2 rings (SSSR count). The minimum absolute atomic E-state index is 0.123. The normalized spacial score (nSPS) is 11.8. The molecule has 1 aromatic heterocycles. The van der Waals surface area contributed by atoms with Gasteiger partial charge in [-0.2, -0.15) is 0 Å². The van der Waals surface area contributed by atoms with Crippen LogP contribution in [0.5, 0.6) is 0 Å². The molecule has 0 fully saturated rings. The first-order chi connectivity index (χ1) is 9.20. The first kappa shape index (κ1) is 14.4. The van der Waals surface area contributed by atoms with Crippen LogP contribution < -0.4 is 5.43 Å². The molecule has 0 amide bonds. The van der Waals surface area contributed by atoms with Crippen molar-refractivity contribution in [2.75, 3.05) is 0 Å². The summed E-state index contributed by atoms with van der Waals surface area (Å²) in [6.45, 7) is 1.44. The third-order valence-corrected chi connectivity index (χ3v) is 3.47. The number of hydrogen-bond acceptors (Lipinski definition) is 4. The number of non-ortho nitro benzene ring substituents is 1. The van der Waals surface area contributed by atoms with Crippen LogP contribution in [0, 0.1) is 17.0 Å². The van der Waals surface area contributed by atoms with Gasteiger partial charge in [0, 0.05) is 17.8 Å². The Balaban J connectivity index is 2.90. The summed E-state index contributed by atoms with van der Waals surface area (Å²) >= 11 is 0. The van der Waals surface area contributed by atoms with Gasteiger partial charge in [0.05, 0.1) is 10.4 Å². The molecule has 2 N–H and O–H groups in total. The number of nitro groups is 1. The predicted octanol–water partition coefficient (Wildman–Crippen LogP) is 1.35. The Kier molecular flexibility index (Phi) is 3.47. The van der Waals surface area contributed by atoms with Gasteiger partial charge < -0.3 is 14.4 Å². The third kappa shape index (κ3) is 2.62. The zero-order chi connectivity index (χ0) is 15.1. The molecule has 0 aliphatic rings. The summed E-state index contributed by atoms with van der Waals surface area (Å²) in [5.41, 5.74) is -0.594. The quantitative estimate of drug-likeness (QED) is 0.501. The first-order valence-corrected chi connectivity index (χ1v) is 7.32. The van der Waals surface area contributed by atoms with Crippen LogP contribution in [0.3, 0.4) is 0 Å². The van der Waals surface area contributed by atoms with Crippen LogP contribution in [0.15, 0.2) is 29.2 Å². The number of hydrogen-bond donors (Lipinski definition) is 2. The van der Waals surface area contributed by atoms with E-state index in [9.17, 15) is 19.5 Å². The second kappa shape index (κ2) is 4.82. The highest BCUT2D eigenvalue weighted by atomic mass is 31.2. The van der Waals surface area contributed by atoms with E-state index in [1.54, 1.807) is 0 Å². The Morgan fingerprint density at radius 2 is 2.05 bits per heavy atom. The number of nitrogens with zero attached hydrogens (tertiary/aromatic N) is 2. The number of rotatable bonds is 3. The van der Waals surface area contributed by atoms with Crippen molar-refractivity contribution in [3.05, 3.63) is 50.3 Å². The van der Waals surface area contributed by atoms with Crippen LogP contribution in [-0.4, -0.2) is 19.3 Å². The maximum atomic E-state index is 12.1. The Hall–Kier alpha value is -2.02. The minimum Gasteiger partial charge on any atom is -0.335 e. The molecule has 1 aromatic carbocycles. The van der Waals surface area contributed by atoms with Crippen molar-refractivity contribution in [1.29, 1.82) is 0 Å². The van der Waals surface area contributed by atoms with Gasteiger partial charge in [-0.05, 0) is 13.0 Å². The molecule has 0 aliphatic carbocycles. The van der Waals surface area contributed by atoms with Crippen molar-refractivity contribution in [3.8, 4) is 0 Å². The van der Waals surface area contributed by atoms with E-state index >= 15 is 0 Å². The molecule has 0 unspecified atom stereocenters. The topological polar surface area (TPSA) is 123 Å². The van der Waals surface area contributed by atoms with Crippen molar-refractivity contribution in [3.63, 3.8) is 0 Å². The number of benzene rings is 1. The van der Waals surface area contributed by atoms with Gasteiger partial charge in [-0.1, -0.05) is 6.07 Å². The molecular weight excluding hydrogens is 287 g/mol. The maximum absolute atomic E-state index is 12.1. The maximum Gasteiger partial charge on any atom is 0.345 e. The van der Waals surface area contributed by atoms with Crippen LogP contribution >= 0.6 is 7.60 Å². The van der Waals surface area contributed by atoms with Gasteiger partial charge in [0.1, 0.15) is 11.7 Å². The Morgan fingerprint density at radius 1 is 1.40 bits per heavy atom. The number of aromatic nitrogens is 1. The van der Waals surface area contributed by atoms with Crippen LogP contribution in [0.4, 0.5) is 5.69 Å². The van der Waals surface area contributed by atoms with E-state index in [0.717, 1.165) is 0 Å². The van der Waals surface area contributed by atoms with Gasteiger partial charge in [-0.3, -0.25) is 19.5 Å². The van der Waals surface area contributed by atoms with E-state index in [4.69, 9.17) is 9.79 Å². The van der Waals surface area contributed by atoms with E-state index in [1.807, 2.05) is 0 Å². The van der Waals surface area contributed by atoms with Crippen molar-refractivity contribution < 1.29 is 19.3 Å². The lowest BCUT2D eigenvalue weighted by atomic mass is 10.1. The molecule has 0 bridgehead atoms. The molecule has 0 atom stereocenters. The standard InChI is InChI=1S/C11H11N2O6P/c1-7-5-12(6-20(17,18)19)8-3-2-4-9(13(15)16)10(8)11(7)14/h2-5H,6H2,1H3,(H2,17,18,19). The summed E-state index contributed by atoms with van der Waals surface area (Å²) in [6.07, 6.45) is 0.638. The van der Waals surface area contributed by atoms with Gasteiger partial charge in [0.2, 0.25) is 0 Å². The second-order valence-corrected chi connectivity index (χ2v) is 5.96. The molecule has 0 saturated heterocycles.